The second-order valence-corrected chi connectivity index (χ2v) is 5.33. The lowest BCUT2D eigenvalue weighted by Crippen LogP contribution is -2.13. The molecule has 0 spiro atoms. The number of hydrogen-bond donors (Lipinski definition) is 2. The monoisotopic (exact) mass is 302 g/mol. The molecule has 22 heavy (non-hydrogen) atoms. The van der Waals surface area contributed by atoms with Crippen LogP contribution in [-0.4, -0.2) is 24.4 Å². The molecule has 2 aromatic rings. The summed E-state index contributed by atoms with van der Waals surface area (Å²) in [6.45, 7) is 3.77. The van der Waals surface area contributed by atoms with E-state index >= 15 is 0 Å². The normalized spacial score (nSPS) is 13.5. The zero-order valence-corrected chi connectivity index (χ0v) is 13.3. The van der Waals surface area contributed by atoms with Crippen molar-refractivity contribution in [1.29, 1.82) is 0 Å². The van der Waals surface area contributed by atoms with Crippen LogP contribution in [0, 0.1) is 13.8 Å². The van der Waals surface area contributed by atoms with E-state index in [0.29, 0.717) is 11.1 Å². The van der Waals surface area contributed by atoms with Crippen LogP contribution in [0.15, 0.2) is 36.4 Å². The van der Waals surface area contributed by atoms with E-state index < -0.39 is 12.2 Å². The minimum absolute atomic E-state index is 0.684. The molecule has 0 saturated carbocycles. The standard InChI is InChI=1S/C18H22O4/c1-11-9-13(21-3)5-7-15(11)17(19)18(20)16-8-6-14(22-4)10-12(16)2/h5-10,17-20H,1-4H3. The summed E-state index contributed by atoms with van der Waals surface area (Å²) < 4.78 is 10.3. The van der Waals surface area contributed by atoms with Gasteiger partial charge in [-0.3, -0.25) is 0 Å². The summed E-state index contributed by atoms with van der Waals surface area (Å²) in [4.78, 5) is 0. The fourth-order valence-corrected chi connectivity index (χ4v) is 2.55. The van der Waals surface area contributed by atoms with E-state index in [1.165, 1.54) is 0 Å². The minimum atomic E-state index is -1.00. The molecule has 2 atom stereocenters. The number of rotatable bonds is 5. The molecule has 2 aromatic carbocycles. The Labute approximate surface area is 130 Å². The smallest absolute Gasteiger partial charge is 0.119 e. The molecule has 0 amide bonds. The van der Waals surface area contributed by atoms with Gasteiger partial charge in [-0.05, 0) is 60.4 Å². The fourth-order valence-electron chi connectivity index (χ4n) is 2.55. The fraction of sp³-hybridized carbons (Fsp3) is 0.333. The summed E-state index contributed by atoms with van der Waals surface area (Å²) in [5.41, 5.74) is 3.11. The van der Waals surface area contributed by atoms with Crippen molar-refractivity contribution in [2.75, 3.05) is 14.2 Å². The van der Waals surface area contributed by atoms with Crippen LogP contribution >= 0.6 is 0 Å². The largest absolute Gasteiger partial charge is 0.497 e. The highest BCUT2D eigenvalue weighted by Crippen LogP contribution is 2.34. The van der Waals surface area contributed by atoms with Gasteiger partial charge in [0.15, 0.2) is 0 Å². The number of ether oxygens (including phenoxy) is 2. The zero-order chi connectivity index (χ0) is 16.3. The molecule has 0 saturated heterocycles. The van der Waals surface area contributed by atoms with Crippen molar-refractivity contribution in [2.24, 2.45) is 0 Å². The summed E-state index contributed by atoms with van der Waals surface area (Å²) in [5, 5.41) is 21.0. The van der Waals surface area contributed by atoms with Crippen molar-refractivity contribution in [3.05, 3.63) is 58.7 Å². The number of aryl methyl sites for hydroxylation is 2. The third-order valence-electron chi connectivity index (χ3n) is 3.89. The molecule has 2 N–H and O–H groups in total. The highest BCUT2D eigenvalue weighted by atomic mass is 16.5. The van der Waals surface area contributed by atoms with Gasteiger partial charge in [-0.15, -0.1) is 0 Å². The average molecular weight is 302 g/mol. The molecule has 0 aliphatic heterocycles. The lowest BCUT2D eigenvalue weighted by molar-refractivity contribution is 0.0164. The van der Waals surface area contributed by atoms with E-state index in [4.69, 9.17) is 9.47 Å². The first-order valence-electron chi connectivity index (χ1n) is 7.13. The number of methoxy groups -OCH3 is 2. The van der Waals surface area contributed by atoms with Gasteiger partial charge < -0.3 is 19.7 Å². The Morgan fingerprint density at radius 1 is 0.727 bits per heavy atom. The van der Waals surface area contributed by atoms with E-state index in [1.54, 1.807) is 38.5 Å². The first-order chi connectivity index (χ1) is 10.5. The molecule has 0 fully saturated rings. The Hall–Kier alpha value is -2.04. The Morgan fingerprint density at radius 3 is 1.36 bits per heavy atom. The lowest BCUT2D eigenvalue weighted by atomic mass is 9.93. The van der Waals surface area contributed by atoms with Crippen molar-refractivity contribution >= 4 is 0 Å². The third-order valence-corrected chi connectivity index (χ3v) is 3.89. The quantitative estimate of drug-likeness (QED) is 0.891. The minimum Gasteiger partial charge on any atom is -0.497 e. The maximum atomic E-state index is 10.5. The maximum Gasteiger partial charge on any atom is 0.119 e. The third kappa shape index (κ3) is 3.24. The Bertz CT molecular complexity index is 594. The van der Waals surface area contributed by atoms with Gasteiger partial charge in [0.2, 0.25) is 0 Å². The summed E-state index contributed by atoms with van der Waals surface area (Å²) >= 11 is 0. The van der Waals surface area contributed by atoms with Crippen molar-refractivity contribution in [1.82, 2.24) is 0 Å². The van der Waals surface area contributed by atoms with Crippen LogP contribution in [0.25, 0.3) is 0 Å². The molecule has 0 aromatic heterocycles. The van der Waals surface area contributed by atoms with Crippen LogP contribution in [0.2, 0.25) is 0 Å². The molecule has 2 rings (SSSR count). The van der Waals surface area contributed by atoms with Crippen molar-refractivity contribution in [2.45, 2.75) is 26.1 Å². The Balaban J connectivity index is 2.30. The average Bonchev–Trinajstić information content (AvgIpc) is 2.53. The molecule has 0 heterocycles. The molecule has 118 valence electrons. The van der Waals surface area contributed by atoms with Crippen molar-refractivity contribution in [3.63, 3.8) is 0 Å². The first kappa shape index (κ1) is 16.3. The molecule has 2 unspecified atom stereocenters. The molecule has 4 nitrogen and oxygen atoms in total. The summed E-state index contributed by atoms with van der Waals surface area (Å²) in [7, 11) is 3.20. The van der Waals surface area contributed by atoms with Crippen LogP contribution in [0.3, 0.4) is 0 Å². The van der Waals surface area contributed by atoms with Gasteiger partial charge in [0, 0.05) is 0 Å². The molecule has 0 bridgehead atoms. The van der Waals surface area contributed by atoms with Gasteiger partial charge in [0.05, 0.1) is 14.2 Å². The van der Waals surface area contributed by atoms with Gasteiger partial charge in [-0.1, -0.05) is 12.1 Å². The van der Waals surface area contributed by atoms with E-state index in [0.717, 1.165) is 22.6 Å². The predicted octanol–water partition coefficient (Wildman–Crippen LogP) is 3.09. The Kier molecular flexibility index (Phi) is 5.06. The zero-order valence-electron chi connectivity index (χ0n) is 13.3. The molecular weight excluding hydrogens is 280 g/mol. The summed E-state index contributed by atoms with van der Waals surface area (Å²) in [6.07, 6.45) is -2.00. The van der Waals surface area contributed by atoms with E-state index in [1.807, 2.05) is 26.0 Å². The number of hydrogen-bond acceptors (Lipinski definition) is 4. The number of benzene rings is 2. The van der Waals surface area contributed by atoms with Crippen LogP contribution in [0.4, 0.5) is 0 Å². The van der Waals surface area contributed by atoms with Gasteiger partial charge in [0.1, 0.15) is 23.7 Å². The summed E-state index contributed by atoms with van der Waals surface area (Å²) in [5.74, 6) is 1.45. The molecule has 0 aliphatic rings. The molecule has 0 radical (unpaired) electrons. The predicted molar refractivity (Wildman–Crippen MR) is 85.4 cm³/mol. The van der Waals surface area contributed by atoms with Gasteiger partial charge in [0.25, 0.3) is 0 Å². The lowest BCUT2D eigenvalue weighted by Gasteiger charge is -2.22. The Morgan fingerprint density at radius 2 is 1.09 bits per heavy atom. The van der Waals surface area contributed by atoms with Gasteiger partial charge in [-0.25, -0.2) is 0 Å². The van der Waals surface area contributed by atoms with Crippen LogP contribution in [0.5, 0.6) is 11.5 Å². The highest BCUT2D eigenvalue weighted by Gasteiger charge is 2.23. The van der Waals surface area contributed by atoms with E-state index in [-0.39, 0.29) is 0 Å². The molecule has 0 aliphatic carbocycles. The van der Waals surface area contributed by atoms with Crippen LogP contribution < -0.4 is 9.47 Å². The molecular formula is C18H22O4. The number of aliphatic hydroxyl groups is 2. The van der Waals surface area contributed by atoms with E-state index in [2.05, 4.69) is 0 Å². The topological polar surface area (TPSA) is 58.9 Å². The van der Waals surface area contributed by atoms with Crippen molar-refractivity contribution < 1.29 is 19.7 Å². The first-order valence-corrected chi connectivity index (χ1v) is 7.13. The van der Waals surface area contributed by atoms with Gasteiger partial charge in [-0.2, -0.15) is 0 Å². The maximum absolute atomic E-state index is 10.5. The second-order valence-electron chi connectivity index (χ2n) is 5.33. The summed E-state index contributed by atoms with van der Waals surface area (Å²) in [6, 6.07) is 10.8. The molecule has 4 heteroatoms. The van der Waals surface area contributed by atoms with Gasteiger partial charge >= 0.3 is 0 Å². The SMILES string of the molecule is COc1ccc(C(O)C(O)c2ccc(OC)cc2C)c(C)c1. The van der Waals surface area contributed by atoms with Crippen molar-refractivity contribution in [3.8, 4) is 11.5 Å². The second kappa shape index (κ2) is 6.81. The van der Waals surface area contributed by atoms with Crippen LogP contribution in [0.1, 0.15) is 34.5 Å². The highest BCUT2D eigenvalue weighted by molar-refractivity contribution is 5.40. The van der Waals surface area contributed by atoms with E-state index in [9.17, 15) is 10.2 Å². The number of aliphatic hydroxyl groups excluding tert-OH is 2. The van der Waals surface area contributed by atoms with Crippen LogP contribution in [-0.2, 0) is 0 Å².